The molecule has 2 aromatic rings. The summed E-state index contributed by atoms with van der Waals surface area (Å²) in [5.41, 5.74) is 2.02. The summed E-state index contributed by atoms with van der Waals surface area (Å²) >= 11 is 0. The van der Waals surface area contributed by atoms with Gasteiger partial charge in [-0.15, -0.1) is 0 Å². The van der Waals surface area contributed by atoms with Crippen LogP contribution in [-0.4, -0.2) is 22.4 Å². The summed E-state index contributed by atoms with van der Waals surface area (Å²) in [6.45, 7) is 2.73. The number of benzene rings is 1. The van der Waals surface area contributed by atoms with Crippen molar-refractivity contribution in [1.82, 2.24) is 15.1 Å². The minimum absolute atomic E-state index is 0.252. The van der Waals surface area contributed by atoms with Crippen LogP contribution in [0.1, 0.15) is 11.3 Å². The summed E-state index contributed by atoms with van der Waals surface area (Å²) in [5, 5.41) is 10.2. The van der Waals surface area contributed by atoms with Crippen LogP contribution in [0.2, 0.25) is 0 Å². The molecule has 104 valence electrons. The summed E-state index contributed by atoms with van der Waals surface area (Å²) in [7, 11) is 0. The second-order valence-corrected chi connectivity index (χ2v) is 4.61. The first kappa shape index (κ1) is 12.7. The van der Waals surface area contributed by atoms with Gasteiger partial charge >= 0.3 is 6.09 Å². The van der Waals surface area contributed by atoms with Crippen LogP contribution >= 0.6 is 0 Å². The van der Waals surface area contributed by atoms with E-state index in [4.69, 9.17) is 4.74 Å². The van der Waals surface area contributed by atoms with Gasteiger partial charge in [-0.25, -0.2) is 4.79 Å². The number of carbonyl (C=O) groups is 1. The molecule has 1 amide bonds. The van der Waals surface area contributed by atoms with Crippen LogP contribution in [0.3, 0.4) is 0 Å². The number of hydrogen-bond donors (Lipinski definition) is 2. The highest BCUT2D eigenvalue weighted by Gasteiger charge is 2.13. The Hall–Kier alpha value is -2.34. The van der Waals surface area contributed by atoms with E-state index in [1.807, 2.05) is 41.1 Å². The van der Waals surface area contributed by atoms with E-state index in [1.54, 1.807) is 0 Å². The molecule has 0 unspecified atom stereocenters. The Bertz CT molecular complexity index is 571. The maximum absolute atomic E-state index is 11.7. The van der Waals surface area contributed by atoms with E-state index in [1.165, 1.54) is 0 Å². The van der Waals surface area contributed by atoms with E-state index in [-0.39, 0.29) is 6.61 Å². The van der Waals surface area contributed by atoms with Gasteiger partial charge in [0, 0.05) is 19.2 Å². The zero-order valence-electron chi connectivity index (χ0n) is 11.0. The number of ether oxygens (including phenoxy) is 1. The van der Waals surface area contributed by atoms with E-state index in [0.29, 0.717) is 5.82 Å². The molecule has 2 heterocycles. The molecule has 0 saturated heterocycles. The molecule has 20 heavy (non-hydrogen) atoms. The average molecular weight is 272 g/mol. The zero-order chi connectivity index (χ0) is 13.8. The van der Waals surface area contributed by atoms with Crippen molar-refractivity contribution in [3.8, 4) is 0 Å². The van der Waals surface area contributed by atoms with Crippen molar-refractivity contribution in [3.05, 3.63) is 47.7 Å². The van der Waals surface area contributed by atoms with Gasteiger partial charge in [-0.2, -0.15) is 5.10 Å². The van der Waals surface area contributed by atoms with Crippen LogP contribution in [0.4, 0.5) is 10.6 Å². The van der Waals surface area contributed by atoms with Gasteiger partial charge in [-0.05, 0) is 5.56 Å². The quantitative estimate of drug-likeness (QED) is 0.893. The fourth-order valence-corrected chi connectivity index (χ4v) is 2.12. The number of fused-ring (bicyclic) bond motifs is 1. The van der Waals surface area contributed by atoms with Crippen molar-refractivity contribution in [1.29, 1.82) is 0 Å². The molecule has 3 rings (SSSR count). The van der Waals surface area contributed by atoms with E-state index >= 15 is 0 Å². The van der Waals surface area contributed by atoms with E-state index in [0.717, 1.165) is 30.9 Å². The fraction of sp³-hybridized carbons (Fsp3) is 0.286. The predicted molar refractivity (Wildman–Crippen MR) is 74.2 cm³/mol. The van der Waals surface area contributed by atoms with Gasteiger partial charge < -0.3 is 10.1 Å². The Morgan fingerprint density at radius 3 is 3.05 bits per heavy atom. The highest BCUT2D eigenvalue weighted by molar-refractivity contribution is 5.83. The molecule has 1 aliphatic heterocycles. The third-order valence-corrected chi connectivity index (χ3v) is 3.11. The van der Waals surface area contributed by atoms with Crippen molar-refractivity contribution >= 4 is 11.9 Å². The molecule has 1 aromatic heterocycles. The van der Waals surface area contributed by atoms with Crippen LogP contribution < -0.4 is 10.6 Å². The van der Waals surface area contributed by atoms with E-state index in [9.17, 15) is 4.79 Å². The fourth-order valence-electron chi connectivity index (χ4n) is 2.12. The van der Waals surface area contributed by atoms with Crippen molar-refractivity contribution in [2.24, 2.45) is 0 Å². The number of nitrogens with zero attached hydrogens (tertiary/aromatic N) is 2. The molecule has 6 nitrogen and oxygen atoms in total. The largest absolute Gasteiger partial charge is 0.444 e. The summed E-state index contributed by atoms with van der Waals surface area (Å²) in [6.07, 6.45) is -0.489. The SMILES string of the molecule is O=C(Nc1cc2n(n1)CCNC2)OCc1ccccc1. The zero-order valence-corrected chi connectivity index (χ0v) is 11.0. The molecule has 1 aliphatic rings. The Morgan fingerprint density at radius 2 is 2.25 bits per heavy atom. The lowest BCUT2D eigenvalue weighted by molar-refractivity contribution is 0.155. The van der Waals surface area contributed by atoms with Gasteiger partial charge in [0.15, 0.2) is 5.82 Å². The first-order valence-electron chi connectivity index (χ1n) is 6.56. The van der Waals surface area contributed by atoms with Gasteiger partial charge in [-0.3, -0.25) is 10.00 Å². The van der Waals surface area contributed by atoms with E-state index in [2.05, 4.69) is 15.7 Å². The molecule has 0 spiro atoms. The predicted octanol–water partition coefficient (Wildman–Crippen LogP) is 1.73. The van der Waals surface area contributed by atoms with Crippen molar-refractivity contribution in [2.45, 2.75) is 19.7 Å². The van der Waals surface area contributed by atoms with Crippen LogP contribution in [0.15, 0.2) is 36.4 Å². The van der Waals surface area contributed by atoms with Gasteiger partial charge in [0.25, 0.3) is 0 Å². The maximum Gasteiger partial charge on any atom is 0.413 e. The third kappa shape index (κ3) is 2.97. The standard InChI is InChI=1S/C14H16N4O2/c19-14(20-10-11-4-2-1-3-5-11)16-13-8-12-9-15-6-7-18(12)17-13/h1-5,8,15H,6-7,9-10H2,(H,16,17,19). The first-order chi connectivity index (χ1) is 9.81. The molecule has 0 bridgehead atoms. The van der Waals surface area contributed by atoms with Gasteiger partial charge in [0.1, 0.15) is 6.61 Å². The highest BCUT2D eigenvalue weighted by atomic mass is 16.5. The van der Waals surface area contributed by atoms with Gasteiger partial charge in [0.2, 0.25) is 0 Å². The number of amides is 1. The molecule has 0 saturated carbocycles. The Morgan fingerprint density at radius 1 is 1.40 bits per heavy atom. The highest BCUT2D eigenvalue weighted by Crippen LogP contribution is 2.12. The smallest absolute Gasteiger partial charge is 0.413 e. The van der Waals surface area contributed by atoms with Crippen molar-refractivity contribution < 1.29 is 9.53 Å². The lowest BCUT2D eigenvalue weighted by atomic mass is 10.2. The Kier molecular flexibility index (Phi) is 3.64. The Labute approximate surface area is 116 Å². The van der Waals surface area contributed by atoms with Crippen molar-refractivity contribution in [2.75, 3.05) is 11.9 Å². The lowest BCUT2D eigenvalue weighted by Gasteiger charge is -2.13. The Balaban J connectivity index is 1.55. The number of carbonyl (C=O) groups excluding carboxylic acids is 1. The number of anilines is 1. The van der Waals surface area contributed by atoms with Crippen LogP contribution in [0.5, 0.6) is 0 Å². The molecular weight excluding hydrogens is 256 g/mol. The number of hydrogen-bond acceptors (Lipinski definition) is 4. The molecular formula is C14H16N4O2. The minimum atomic E-state index is -0.489. The lowest BCUT2D eigenvalue weighted by Crippen LogP contribution is -2.28. The molecule has 0 radical (unpaired) electrons. The number of rotatable bonds is 3. The summed E-state index contributed by atoms with van der Waals surface area (Å²) in [6, 6.07) is 11.4. The monoisotopic (exact) mass is 272 g/mol. The molecule has 2 N–H and O–H groups in total. The average Bonchev–Trinajstić information content (AvgIpc) is 2.88. The van der Waals surface area contributed by atoms with Crippen LogP contribution in [-0.2, 0) is 24.4 Å². The summed E-state index contributed by atoms with van der Waals surface area (Å²) < 4.78 is 7.04. The summed E-state index contributed by atoms with van der Waals surface area (Å²) in [5.74, 6) is 0.529. The van der Waals surface area contributed by atoms with Crippen LogP contribution in [0, 0.1) is 0 Å². The maximum atomic E-state index is 11.7. The van der Waals surface area contributed by atoms with Gasteiger partial charge in [0.05, 0.1) is 12.2 Å². The normalized spacial score (nSPS) is 13.6. The molecule has 0 atom stereocenters. The second kappa shape index (κ2) is 5.75. The van der Waals surface area contributed by atoms with E-state index < -0.39 is 6.09 Å². The summed E-state index contributed by atoms with van der Waals surface area (Å²) in [4.78, 5) is 11.7. The number of aromatic nitrogens is 2. The van der Waals surface area contributed by atoms with Crippen molar-refractivity contribution in [3.63, 3.8) is 0 Å². The first-order valence-corrected chi connectivity index (χ1v) is 6.56. The molecule has 6 heteroatoms. The molecule has 0 fully saturated rings. The minimum Gasteiger partial charge on any atom is -0.444 e. The molecule has 1 aromatic carbocycles. The van der Waals surface area contributed by atoms with Crippen LogP contribution in [0.25, 0.3) is 0 Å². The third-order valence-electron chi connectivity index (χ3n) is 3.11. The van der Waals surface area contributed by atoms with Gasteiger partial charge in [-0.1, -0.05) is 30.3 Å². The number of nitrogens with one attached hydrogen (secondary N) is 2. The molecule has 0 aliphatic carbocycles. The second-order valence-electron chi connectivity index (χ2n) is 4.61. The topological polar surface area (TPSA) is 68.2 Å².